The van der Waals surface area contributed by atoms with Gasteiger partial charge in [0.2, 0.25) is 0 Å². The molecular formula is C33H32N2O7S. The number of ketones is 1. The number of hydrogen-bond acceptors (Lipinski definition) is 9. The van der Waals surface area contributed by atoms with Crippen LogP contribution < -0.4 is 23.8 Å². The highest BCUT2D eigenvalue weighted by Crippen LogP contribution is 2.46. The van der Waals surface area contributed by atoms with Crippen LogP contribution in [0.15, 0.2) is 66.2 Å². The molecule has 1 amide bonds. The van der Waals surface area contributed by atoms with Gasteiger partial charge in [0.1, 0.15) is 30.5 Å². The van der Waals surface area contributed by atoms with Gasteiger partial charge in [-0.3, -0.25) is 14.5 Å². The van der Waals surface area contributed by atoms with Gasteiger partial charge >= 0.3 is 5.91 Å². The Bertz CT molecular complexity index is 1710. The maximum atomic E-state index is 13.7. The lowest BCUT2D eigenvalue weighted by Crippen LogP contribution is -2.29. The van der Waals surface area contributed by atoms with E-state index in [0.717, 1.165) is 24.0 Å². The Hall–Kier alpha value is -4.57. The molecule has 4 aromatic rings. The smallest absolute Gasteiger partial charge is 0.301 e. The van der Waals surface area contributed by atoms with Crippen LogP contribution >= 0.6 is 11.3 Å². The molecule has 3 aromatic carbocycles. The van der Waals surface area contributed by atoms with Gasteiger partial charge in [-0.05, 0) is 67.4 Å². The lowest BCUT2D eigenvalue weighted by Gasteiger charge is -2.24. The first kappa shape index (κ1) is 28.5. The number of hydrogen-bond donors (Lipinski definition) is 1. The molecule has 0 spiro atoms. The first-order valence-corrected chi connectivity index (χ1v) is 15.3. The van der Waals surface area contributed by atoms with E-state index in [1.807, 2.05) is 49.4 Å². The second-order valence-electron chi connectivity index (χ2n) is 10.2. The van der Waals surface area contributed by atoms with Gasteiger partial charge in [-0.1, -0.05) is 43.2 Å². The molecule has 3 heterocycles. The number of thiazole rings is 1. The molecule has 0 aliphatic carbocycles. The largest absolute Gasteiger partial charge is 0.507 e. The normalized spacial score (nSPS) is 17.4. The number of ether oxygens (including phenoxy) is 4. The minimum absolute atomic E-state index is 0.0425. The van der Waals surface area contributed by atoms with Crippen LogP contribution in [-0.4, -0.2) is 48.2 Å². The first-order valence-electron chi connectivity index (χ1n) is 14.5. The number of benzene rings is 3. The van der Waals surface area contributed by atoms with Crippen LogP contribution in [0.5, 0.6) is 23.0 Å². The van der Waals surface area contributed by atoms with Crippen molar-refractivity contribution in [1.29, 1.82) is 0 Å². The van der Waals surface area contributed by atoms with E-state index in [1.165, 1.54) is 16.2 Å². The molecule has 0 radical (unpaired) electrons. The summed E-state index contributed by atoms with van der Waals surface area (Å²) in [4.78, 5) is 33.5. The van der Waals surface area contributed by atoms with E-state index in [-0.39, 0.29) is 11.3 Å². The molecule has 2 aliphatic rings. The summed E-state index contributed by atoms with van der Waals surface area (Å²) in [5, 5.41) is 12.0. The number of carbonyl (C=O) groups is 2. The van der Waals surface area contributed by atoms with Gasteiger partial charge in [-0.25, -0.2) is 4.98 Å². The second-order valence-corrected chi connectivity index (χ2v) is 11.2. The molecule has 1 saturated heterocycles. The van der Waals surface area contributed by atoms with Crippen LogP contribution in [0.2, 0.25) is 0 Å². The molecule has 1 fully saturated rings. The molecule has 10 heteroatoms. The van der Waals surface area contributed by atoms with Crippen molar-refractivity contribution >= 4 is 44.1 Å². The van der Waals surface area contributed by atoms with Crippen LogP contribution in [0.4, 0.5) is 5.13 Å². The third kappa shape index (κ3) is 5.62. The van der Waals surface area contributed by atoms with E-state index in [0.29, 0.717) is 71.2 Å². The minimum atomic E-state index is -0.945. The fraction of sp³-hybridized carbons (Fsp3) is 0.303. The summed E-state index contributed by atoms with van der Waals surface area (Å²) in [6.45, 7) is 5.90. The molecule has 43 heavy (non-hydrogen) atoms. The van der Waals surface area contributed by atoms with Crippen LogP contribution in [0.1, 0.15) is 50.3 Å². The third-order valence-electron chi connectivity index (χ3n) is 7.32. The molecule has 0 saturated carbocycles. The molecule has 1 atom stereocenters. The minimum Gasteiger partial charge on any atom is -0.507 e. The standard InChI is InChI=1S/C33H32N2O7S/c1-3-5-6-14-40-22-9-7-8-20(17-22)29-28(30(36)21-10-13-25-26(18-21)42-16-15-41-25)31(37)32(38)35(29)33-34-24-12-11-23(39-4-2)19-27(24)43-33/h7-13,17-19,29,36H,3-6,14-16H2,1-2H3/b30-28+/t29-/m0/s1. The molecule has 0 bridgehead atoms. The van der Waals surface area contributed by atoms with E-state index in [2.05, 4.69) is 6.92 Å². The van der Waals surface area contributed by atoms with Gasteiger partial charge in [-0.2, -0.15) is 0 Å². The van der Waals surface area contributed by atoms with Gasteiger partial charge in [0, 0.05) is 5.56 Å². The Balaban J connectivity index is 1.46. The van der Waals surface area contributed by atoms with Crippen molar-refractivity contribution in [3.8, 4) is 23.0 Å². The molecule has 2 aliphatic heterocycles. The molecule has 1 aromatic heterocycles. The van der Waals surface area contributed by atoms with E-state index in [9.17, 15) is 14.7 Å². The number of anilines is 1. The van der Waals surface area contributed by atoms with Crippen LogP contribution in [-0.2, 0) is 9.59 Å². The maximum absolute atomic E-state index is 13.7. The first-order chi connectivity index (χ1) is 21.0. The van der Waals surface area contributed by atoms with Crippen molar-refractivity contribution < 1.29 is 33.6 Å². The Morgan fingerprint density at radius 3 is 2.60 bits per heavy atom. The number of rotatable bonds is 10. The lowest BCUT2D eigenvalue weighted by atomic mass is 9.95. The number of aliphatic hydroxyl groups is 1. The number of amides is 1. The fourth-order valence-corrected chi connectivity index (χ4v) is 6.28. The summed E-state index contributed by atoms with van der Waals surface area (Å²) in [5.41, 5.74) is 1.58. The summed E-state index contributed by atoms with van der Waals surface area (Å²) in [7, 11) is 0. The summed E-state index contributed by atoms with van der Waals surface area (Å²) in [6, 6.07) is 16.8. The van der Waals surface area contributed by atoms with Crippen molar-refractivity contribution in [2.45, 2.75) is 39.2 Å². The molecule has 9 nitrogen and oxygen atoms in total. The molecule has 222 valence electrons. The second kappa shape index (κ2) is 12.3. The lowest BCUT2D eigenvalue weighted by molar-refractivity contribution is -0.132. The molecule has 6 rings (SSSR count). The quantitative estimate of drug-likeness (QED) is 0.0932. The van der Waals surface area contributed by atoms with Crippen LogP contribution in [0, 0.1) is 0 Å². The third-order valence-corrected chi connectivity index (χ3v) is 8.33. The highest BCUT2D eigenvalue weighted by Gasteiger charge is 2.48. The van der Waals surface area contributed by atoms with Gasteiger partial charge < -0.3 is 24.1 Å². The van der Waals surface area contributed by atoms with E-state index in [1.54, 1.807) is 18.2 Å². The Morgan fingerprint density at radius 2 is 1.79 bits per heavy atom. The van der Waals surface area contributed by atoms with Crippen molar-refractivity contribution in [3.63, 3.8) is 0 Å². The molecular weight excluding hydrogens is 568 g/mol. The van der Waals surface area contributed by atoms with Crippen molar-refractivity contribution in [3.05, 3.63) is 77.4 Å². The fourth-order valence-electron chi connectivity index (χ4n) is 5.26. The SMILES string of the molecule is CCCCCOc1cccc([C@H]2/C(=C(\O)c3ccc4c(c3)OCCO4)C(=O)C(=O)N2c2nc3ccc(OCC)cc3s2)c1. The maximum Gasteiger partial charge on any atom is 0.301 e. The highest BCUT2D eigenvalue weighted by atomic mass is 32.1. The van der Waals surface area contributed by atoms with Gasteiger partial charge in [0.15, 0.2) is 16.6 Å². The summed E-state index contributed by atoms with van der Waals surface area (Å²) in [5.74, 6) is 0.424. The molecule has 1 N–H and O–H groups in total. The zero-order chi connectivity index (χ0) is 29.9. The predicted octanol–water partition coefficient (Wildman–Crippen LogP) is 6.66. The summed E-state index contributed by atoms with van der Waals surface area (Å²) < 4.78 is 23.8. The van der Waals surface area contributed by atoms with Crippen molar-refractivity contribution in [1.82, 2.24) is 4.98 Å². The Morgan fingerprint density at radius 1 is 0.977 bits per heavy atom. The highest BCUT2D eigenvalue weighted by molar-refractivity contribution is 7.22. The number of aromatic nitrogens is 1. The average molecular weight is 601 g/mol. The van der Waals surface area contributed by atoms with Gasteiger partial charge in [0.05, 0.1) is 35.0 Å². The van der Waals surface area contributed by atoms with E-state index >= 15 is 0 Å². The van der Waals surface area contributed by atoms with Crippen LogP contribution in [0.3, 0.4) is 0 Å². The Labute approximate surface area is 253 Å². The van der Waals surface area contributed by atoms with E-state index < -0.39 is 17.7 Å². The number of fused-ring (bicyclic) bond motifs is 2. The van der Waals surface area contributed by atoms with Gasteiger partial charge in [-0.15, -0.1) is 0 Å². The number of carbonyl (C=O) groups excluding carboxylic acids is 2. The number of nitrogens with zero attached hydrogens (tertiary/aromatic N) is 2. The van der Waals surface area contributed by atoms with Gasteiger partial charge in [0.25, 0.3) is 5.78 Å². The molecule has 0 unspecified atom stereocenters. The van der Waals surface area contributed by atoms with E-state index in [4.69, 9.17) is 23.9 Å². The van der Waals surface area contributed by atoms with Crippen molar-refractivity contribution in [2.24, 2.45) is 0 Å². The monoisotopic (exact) mass is 600 g/mol. The summed E-state index contributed by atoms with van der Waals surface area (Å²) in [6.07, 6.45) is 3.04. The number of unbranched alkanes of at least 4 members (excludes halogenated alkanes) is 2. The van der Waals surface area contributed by atoms with Crippen LogP contribution in [0.25, 0.3) is 16.0 Å². The Kier molecular flexibility index (Phi) is 8.20. The zero-order valence-corrected chi connectivity index (χ0v) is 24.8. The number of aliphatic hydroxyl groups excluding tert-OH is 1. The topological polar surface area (TPSA) is 107 Å². The van der Waals surface area contributed by atoms with Crippen molar-refractivity contribution in [2.75, 3.05) is 31.3 Å². The predicted molar refractivity (Wildman–Crippen MR) is 164 cm³/mol. The number of Topliss-reactive ketones (excluding diaryl/α,β-unsaturated/α-hetero) is 1. The average Bonchev–Trinajstić information content (AvgIpc) is 3.56. The zero-order valence-electron chi connectivity index (χ0n) is 24.0. The summed E-state index contributed by atoms with van der Waals surface area (Å²) >= 11 is 1.28.